The van der Waals surface area contributed by atoms with E-state index in [4.69, 9.17) is 39.8 Å². The molecular weight excluding hydrogens is 481 g/mol. The lowest BCUT2D eigenvalue weighted by molar-refractivity contribution is -0.385. The molecule has 7 nitrogen and oxygen atoms in total. The normalized spacial score (nSPS) is 15.5. The number of amidine groups is 2. The van der Waals surface area contributed by atoms with Crippen LogP contribution in [0.25, 0.3) is 0 Å². The largest absolute Gasteiger partial charge is 0.395 e. The first-order valence-electron chi connectivity index (χ1n) is 9.96. The van der Waals surface area contributed by atoms with Crippen molar-refractivity contribution >= 4 is 63.5 Å². The Labute approximate surface area is 206 Å². The van der Waals surface area contributed by atoms with Gasteiger partial charge < -0.3 is 0 Å². The highest BCUT2D eigenvalue weighted by Crippen LogP contribution is 2.39. The predicted molar refractivity (Wildman–Crippen MR) is 134 cm³/mol. The summed E-state index contributed by atoms with van der Waals surface area (Å²) in [6.45, 7) is 3.70. The lowest BCUT2D eigenvalue weighted by Gasteiger charge is -2.06. The second-order valence-corrected chi connectivity index (χ2v) is 8.76. The van der Waals surface area contributed by atoms with Crippen molar-refractivity contribution in [3.05, 3.63) is 87.9 Å². The zero-order valence-corrected chi connectivity index (χ0v) is 20.0. The molecule has 1 heterocycles. The van der Waals surface area contributed by atoms with Crippen molar-refractivity contribution in [3.8, 4) is 0 Å². The molecule has 0 bridgehead atoms. The molecule has 33 heavy (non-hydrogen) atoms. The van der Waals surface area contributed by atoms with Gasteiger partial charge in [0.1, 0.15) is 0 Å². The molecule has 1 aliphatic heterocycles. The Kier molecular flexibility index (Phi) is 6.83. The van der Waals surface area contributed by atoms with E-state index in [1.54, 1.807) is 12.1 Å². The van der Waals surface area contributed by atoms with Gasteiger partial charge in [-0.15, -0.1) is 15.3 Å². The SMILES string of the molecule is CC1(C)N=C(/C(N=Nc2ccccc2)=N/Nc2ccccc2)[N+](c2c(Cl)cc(Cl)cc2Cl)=N1. The second kappa shape index (κ2) is 9.79. The number of aliphatic imine (C=N–C) groups is 1. The Morgan fingerprint density at radius 1 is 0.909 bits per heavy atom. The van der Waals surface area contributed by atoms with Crippen LogP contribution in [0.1, 0.15) is 13.8 Å². The number of azo groups is 3. The summed E-state index contributed by atoms with van der Waals surface area (Å²) in [6.07, 6.45) is 0. The molecule has 3 aromatic carbocycles. The van der Waals surface area contributed by atoms with Crippen molar-refractivity contribution in [1.29, 1.82) is 0 Å². The number of nitrogens with zero attached hydrogens (tertiary/aromatic N) is 6. The van der Waals surface area contributed by atoms with E-state index in [2.05, 4.69) is 25.9 Å². The van der Waals surface area contributed by atoms with Gasteiger partial charge in [-0.1, -0.05) is 81.0 Å². The molecule has 0 fully saturated rings. The van der Waals surface area contributed by atoms with Gasteiger partial charge in [0.25, 0.3) is 11.5 Å². The van der Waals surface area contributed by atoms with E-state index in [1.165, 1.54) is 4.70 Å². The molecule has 10 heteroatoms. The van der Waals surface area contributed by atoms with E-state index in [9.17, 15) is 0 Å². The van der Waals surface area contributed by atoms with Gasteiger partial charge in [0.05, 0.1) is 21.4 Å². The van der Waals surface area contributed by atoms with Gasteiger partial charge >= 0.3 is 5.84 Å². The lowest BCUT2D eigenvalue weighted by Crippen LogP contribution is -2.22. The summed E-state index contributed by atoms with van der Waals surface area (Å²) >= 11 is 19.1. The molecule has 0 spiro atoms. The molecule has 0 aliphatic carbocycles. The molecule has 166 valence electrons. The zero-order chi connectivity index (χ0) is 23.4. The van der Waals surface area contributed by atoms with Crippen molar-refractivity contribution < 1.29 is 4.70 Å². The molecule has 0 unspecified atom stereocenters. The quantitative estimate of drug-likeness (QED) is 0.124. The van der Waals surface area contributed by atoms with E-state index < -0.39 is 5.66 Å². The highest BCUT2D eigenvalue weighted by atomic mass is 35.5. The molecule has 0 amide bonds. The van der Waals surface area contributed by atoms with Gasteiger partial charge in [0, 0.05) is 18.9 Å². The average molecular weight is 500 g/mol. The summed E-state index contributed by atoms with van der Waals surface area (Å²) in [5.41, 5.74) is 4.04. The number of anilines is 1. The second-order valence-electron chi connectivity index (χ2n) is 7.51. The summed E-state index contributed by atoms with van der Waals surface area (Å²) in [7, 11) is 0. The smallest absolute Gasteiger partial charge is 0.276 e. The first kappa shape index (κ1) is 23.0. The number of rotatable bonds is 5. The van der Waals surface area contributed by atoms with Crippen LogP contribution in [0.3, 0.4) is 0 Å². The van der Waals surface area contributed by atoms with E-state index >= 15 is 0 Å². The number of hydrazone groups is 1. The number of hydrogen-bond donors (Lipinski definition) is 1. The Morgan fingerprint density at radius 3 is 2.15 bits per heavy atom. The highest BCUT2D eigenvalue weighted by Gasteiger charge is 2.43. The van der Waals surface area contributed by atoms with Gasteiger partial charge in [0.2, 0.25) is 0 Å². The summed E-state index contributed by atoms with van der Waals surface area (Å²) in [5.74, 6) is 0.522. The van der Waals surface area contributed by atoms with Crippen molar-refractivity contribution in [2.24, 2.45) is 25.4 Å². The molecule has 4 rings (SSSR count). The van der Waals surface area contributed by atoms with Crippen LogP contribution in [-0.4, -0.2) is 22.0 Å². The molecule has 1 N–H and O–H groups in total. The summed E-state index contributed by atoms with van der Waals surface area (Å²) in [4.78, 5) is 4.71. The van der Waals surface area contributed by atoms with Crippen LogP contribution in [0, 0.1) is 0 Å². The van der Waals surface area contributed by atoms with E-state index in [1.807, 2.05) is 74.5 Å². The van der Waals surface area contributed by atoms with Gasteiger partial charge in [-0.05, 0) is 41.4 Å². The van der Waals surface area contributed by atoms with Crippen molar-refractivity contribution in [2.75, 3.05) is 5.43 Å². The average Bonchev–Trinajstić information content (AvgIpc) is 3.09. The Balaban J connectivity index is 1.81. The third-order valence-electron chi connectivity index (χ3n) is 4.40. The molecule has 0 saturated heterocycles. The van der Waals surface area contributed by atoms with Gasteiger partial charge in [0.15, 0.2) is 5.69 Å². The minimum atomic E-state index is -0.808. The first-order valence-corrected chi connectivity index (χ1v) is 11.1. The van der Waals surface area contributed by atoms with Gasteiger partial charge in [-0.2, -0.15) is 0 Å². The highest BCUT2D eigenvalue weighted by molar-refractivity contribution is 6.42. The molecule has 3 aromatic rings. The van der Waals surface area contributed by atoms with Gasteiger partial charge in [-0.25, -0.2) is 0 Å². The van der Waals surface area contributed by atoms with Crippen LogP contribution in [0.4, 0.5) is 17.1 Å². The van der Waals surface area contributed by atoms with Crippen LogP contribution in [0.2, 0.25) is 15.1 Å². The number of nitrogens with one attached hydrogen (secondary N) is 1. The maximum Gasteiger partial charge on any atom is 0.395 e. The van der Waals surface area contributed by atoms with Crippen LogP contribution in [0.15, 0.2) is 98.2 Å². The van der Waals surface area contributed by atoms with Gasteiger partial charge in [-0.3, -0.25) is 5.43 Å². The Morgan fingerprint density at radius 2 is 1.52 bits per heavy atom. The molecule has 1 aliphatic rings. The summed E-state index contributed by atoms with van der Waals surface area (Å²) < 4.78 is 1.52. The Hall–Kier alpha value is -3.13. The number of hydrogen-bond acceptors (Lipinski definition) is 5. The lowest BCUT2D eigenvalue weighted by atomic mass is 10.3. The van der Waals surface area contributed by atoms with Crippen LogP contribution in [0.5, 0.6) is 0 Å². The fourth-order valence-electron chi connectivity index (χ4n) is 3.01. The predicted octanol–water partition coefficient (Wildman–Crippen LogP) is 8.10. The number of para-hydroxylation sites is 1. The molecule has 0 saturated carbocycles. The first-order chi connectivity index (χ1) is 15.8. The maximum absolute atomic E-state index is 6.49. The minimum Gasteiger partial charge on any atom is -0.276 e. The topological polar surface area (TPSA) is 76.8 Å². The zero-order valence-electron chi connectivity index (χ0n) is 17.7. The monoisotopic (exact) mass is 498 g/mol. The van der Waals surface area contributed by atoms with E-state index in [-0.39, 0.29) is 5.84 Å². The van der Waals surface area contributed by atoms with Crippen molar-refractivity contribution in [2.45, 2.75) is 19.5 Å². The third-order valence-corrected chi connectivity index (χ3v) is 5.19. The van der Waals surface area contributed by atoms with Crippen molar-refractivity contribution in [3.63, 3.8) is 0 Å². The number of benzene rings is 3. The third kappa shape index (κ3) is 5.63. The molecular formula is C23H19Cl3N7+. The Bertz CT molecular complexity index is 1260. The van der Waals surface area contributed by atoms with Crippen LogP contribution < -0.4 is 5.43 Å². The van der Waals surface area contributed by atoms with Crippen molar-refractivity contribution in [1.82, 2.24) is 0 Å². The van der Waals surface area contributed by atoms with Crippen LogP contribution in [-0.2, 0) is 0 Å². The van der Waals surface area contributed by atoms with Crippen LogP contribution >= 0.6 is 34.8 Å². The fraction of sp³-hybridized carbons (Fsp3) is 0.130. The molecule has 0 radical (unpaired) electrons. The standard InChI is InChI=1S/C23H19Cl3N7/c1-23(2)27-22(33(32-23)20-18(25)13-15(24)14-19(20)26)21(30-28-16-9-5-3-6-10-16)31-29-17-11-7-4-8-12-17/h3-14,28H,1-2H3/q+1/b30-21-,31-29?. The molecule has 0 atom stereocenters. The minimum absolute atomic E-state index is 0.194. The van der Waals surface area contributed by atoms with E-state index in [0.29, 0.717) is 32.3 Å². The maximum atomic E-state index is 6.49. The number of halogens is 3. The van der Waals surface area contributed by atoms with E-state index in [0.717, 1.165) is 5.69 Å². The molecule has 0 aromatic heterocycles. The summed E-state index contributed by atoms with van der Waals surface area (Å²) in [6, 6.07) is 22.0. The summed E-state index contributed by atoms with van der Waals surface area (Å²) in [5, 5.41) is 18.9. The fourth-order valence-corrected chi connectivity index (χ4v) is 3.98.